The van der Waals surface area contributed by atoms with Gasteiger partial charge in [0.1, 0.15) is 5.82 Å². The summed E-state index contributed by atoms with van der Waals surface area (Å²) in [4.78, 5) is 6.89. The van der Waals surface area contributed by atoms with E-state index in [-0.39, 0.29) is 0 Å². The number of nitrogens with zero attached hydrogens (tertiary/aromatic N) is 2. The van der Waals surface area contributed by atoms with Gasteiger partial charge in [0.2, 0.25) is 0 Å². The fourth-order valence-electron chi connectivity index (χ4n) is 2.05. The quantitative estimate of drug-likeness (QED) is 0.835. The maximum Gasteiger partial charge on any atom is 0.128 e. The SMILES string of the molecule is COC1CCCN(c2ccc(Br)c(C)n2)C1. The minimum absolute atomic E-state index is 0.347. The highest BCUT2D eigenvalue weighted by molar-refractivity contribution is 9.10. The highest BCUT2D eigenvalue weighted by atomic mass is 79.9. The number of halogens is 1. The van der Waals surface area contributed by atoms with Gasteiger partial charge in [-0.05, 0) is 47.8 Å². The molecule has 4 heteroatoms. The van der Waals surface area contributed by atoms with E-state index >= 15 is 0 Å². The molecule has 1 aromatic rings. The molecule has 0 spiro atoms. The Morgan fingerprint density at radius 2 is 2.31 bits per heavy atom. The van der Waals surface area contributed by atoms with Crippen molar-refractivity contribution < 1.29 is 4.74 Å². The molecular weight excluding hydrogens is 268 g/mol. The third kappa shape index (κ3) is 2.55. The lowest BCUT2D eigenvalue weighted by Crippen LogP contribution is -2.39. The Balaban J connectivity index is 2.13. The molecular formula is C12H17BrN2O. The topological polar surface area (TPSA) is 25.4 Å². The number of hydrogen-bond acceptors (Lipinski definition) is 3. The molecule has 1 saturated heterocycles. The van der Waals surface area contributed by atoms with Crippen LogP contribution in [0.3, 0.4) is 0 Å². The van der Waals surface area contributed by atoms with Crippen molar-refractivity contribution in [2.24, 2.45) is 0 Å². The van der Waals surface area contributed by atoms with Crippen LogP contribution in [0.4, 0.5) is 5.82 Å². The van der Waals surface area contributed by atoms with Crippen molar-refractivity contribution in [2.45, 2.75) is 25.9 Å². The summed E-state index contributed by atoms with van der Waals surface area (Å²) in [6.45, 7) is 4.05. The Labute approximate surface area is 105 Å². The number of pyridine rings is 1. The monoisotopic (exact) mass is 284 g/mol. The highest BCUT2D eigenvalue weighted by Gasteiger charge is 2.20. The summed E-state index contributed by atoms with van der Waals surface area (Å²) in [6.07, 6.45) is 2.68. The molecule has 0 amide bonds. The molecule has 2 rings (SSSR count). The van der Waals surface area contributed by atoms with E-state index in [0.717, 1.165) is 35.5 Å². The van der Waals surface area contributed by atoms with E-state index in [1.807, 2.05) is 6.92 Å². The smallest absolute Gasteiger partial charge is 0.128 e. The molecule has 0 aliphatic carbocycles. The Morgan fingerprint density at radius 1 is 1.50 bits per heavy atom. The van der Waals surface area contributed by atoms with Crippen molar-refractivity contribution in [3.63, 3.8) is 0 Å². The summed E-state index contributed by atoms with van der Waals surface area (Å²) in [6, 6.07) is 4.13. The number of aromatic nitrogens is 1. The molecule has 0 N–H and O–H groups in total. The van der Waals surface area contributed by atoms with E-state index in [9.17, 15) is 0 Å². The van der Waals surface area contributed by atoms with Crippen LogP contribution in [0.1, 0.15) is 18.5 Å². The average molecular weight is 285 g/mol. The molecule has 1 unspecified atom stereocenters. The zero-order valence-electron chi connectivity index (χ0n) is 9.74. The lowest BCUT2D eigenvalue weighted by atomic mass is 10.1. The van der Waals surface area contributed by atoms with Gasteiger partial charge < -0.3 is 9.64 Å². The first-order chi connectivity index (χ1) is 7.70. The lowest BCUT2D eigenvalue weighted by molar-refractivity contribution is 0.0891. The van der Waals surface area contributed by atoms with Gasteiger partial charge in [-0.2, -0.15) is 0 Å². The van der Waals surface area contributed by atoms with Crippen LogP contribution in [0.5, 0.6) is 0 Å². The molecule has 16 heavy (non-hydrogen) atoms. The lowest BCUT2D eigenvalue weighted by Gasteiger charge is -2.32. The van der Waals surface area contributed by atoms with E-state index in [4.69, 9.17) is 4.74 Å². The van der Waals surface area contributed by atoms with Gasteiger partial charge in [-0.25, -0.2) is 4.98 Å². The predicted molar refractivity (Wildman–Crippen MR) is 68.9 cm³/mol. The van der Waals surface area contributed by atoms with Gasteiger partial charge >= 0.3 is 0 Å². The molecule has 88 valence electrons. The van der Waals surface area contributed by atoms with Crippen molar-refractivity contribution in [3.05, 3.63) is 22.3 Å². The van der Waals surface area contributed by atoms with Crippen LogP contribution < -0.4 is 4.90 Å². The fourth-order valence-corrected chi connectivity index (χ4v) is 2.27. The second-order valence-corrected chi connectivity index (χ2v) is 5.04. The minimum atomic E-state index is 0.347. The van der Waals surface area contributed by atoms with Crippen molar-refractivity contribution >= 4 is 21.7 Å². The number of methoxy groups -OCH3 is 1. The number of ether oxygens (including phenoxy) is 1. The van der Waals surface area contributed by atoms with Gasteiger partial charge in [-0.3, -0.25) is 0 Å². The normalized spacial score (nSPS) is 21.2. The first-order valence-electron chi connectivity index (χ1n) is 5.61. The van der Waals surface area contributed by atoms with Gasteiger partial charge in [0.05, 0.1) is 11.8 Å². The first kappa shape index (κ1) is 11.9. The molecule has 1 fully saturated rings. The third-order valence-corrected chi connectivity index (χ3v) is 3.88. The van der Waals surface area contributed by atoms with Gasteiger partial charge in [-0.1, -0.05) is 0 Å². The zero-order valence-corrected chi connectivity index (χ0v) is 11.3. The molecule has 1 aliphatic rings. The number of rotatable bonds is 2. The summed E-state index contributed by atoms with van der Waals surface area (Å²) in [7, 11) is 1.79. The Bertz CT molecular complexity index is 370. The van der Waals surface area contributed by atoms with Crippen LogP contribution in [-0.2, 0) is 4.74 Å². The Morgan fingerprint density at radius 3 is 3.00 bits per heavy atom. The maximum atomic E-state index is 5.42. The van der Waals surface area contributed by atoms with E-state index < -0.39 is 0 Å². The standard InChI is InChI=1S/C12H17BrN2O/c1-9-11(13)5-6-12(14-9)15-7-3-4-10(8-15)16-2/h5-6,10H,3-4,7-8H2,1-2H3. The van der Waals surface area contributed by atoms with E-state index in [1.54, 1.807) is 7.11 Å². The first-order valence-corrected chi connectivity index (χ1v) is 6.41. The molecule has 0 saturated carbocycles. The van der Waals surface area contributed by atoms with Crippen molar-refractivity contribution in [3.8, 4) is 0 Å². The molecule has 0 bridgehead atoms. The summed E-state index contributed by atoms with van der Waals surface area (Å²) in [5.41, 5.74) is 1.04. The molecule has 1 atom stereocenters. The van der Waals surface area contributed by atoms with Crippen LogP contribution in [-0.4, -0.2) is 31.3 Å². The molecule has 2 heterocycles. The van der Waals surface area contributed by atoms with Crippen LogP contribution in [0, 0.1) is 6.92 Å². The van der Waals surface area contributed by atoms with Crippen molar-refractivity contribution in [1.29, 1.82) is 0 Å². The van der Waals surface area contributed by atoms with Crippen LogP contribution in [0.2, 0.25) is 0 Å². The van der Waals surface area contributed by atoms with Crippen LogP contribution in [0.25, 0.3) is 0 Å². The van der Waals surface area contributed by atoms with Crippen LogP contribution in [0.15, 0.2) is 16.6 Å². The van der Waals surface area contributed by atoms with Gasteiger partial charge in [0.25, 0.3) is 0 Å². The molecule has 0 aromatic carbocycles. The zero-order chi connectivity index (χ0) is 11.5. The van der Waals surface area contributed by atoms with E-state index in [2.05, 4.69) is 37.9 Å². The number of anilines is 1. The van der Waals surface area contributed by atoms with Crippen LogP contribution >= 0.6 is 15.9 Å². The molecule has 3 nitrogen and oxygen atoms in total. The minimum Gasteiger partial charge on any atom is -0.380 e. The van der Waals surface area contributed by atoms with Gasteiger partial charge in [0.15, 0.2) is 0 Å². The summed E-state index contributed by atoms with van der Waals surface area (Å²) in [5.74, 6) is 1.06. The Hall–Kier alpha value is -0.610. The molecule has 0 radical (unpaired) electrons. The average Bonchev–Trinajstić information content (AvgIpc) is 2.33. The maximum absolute atomic E-state index is 5.42. The highest BCUT2D eigenvalue weighted by Crippen LogP contribution is 2.22. The summed E-state index contributed by atoms with van der Waals surface area (Å²) < 4.78 is 6.48. The van der Waals surface area contributed by atoms with Gasteiger partial charge in [0, 0.05) is 24.7 Å². The third-order valence-electron chi connectivity index (χ3n) is 3.04. The van der Waals surface area contributed by atoms with E-state index in [0.29, 0.717) is 6.10 Å². The number of hydrogen-bond donors (Lipinski definition) is 0. The van der Waals surface area contributed by atoms with Crippen molar-refractivity contribution in [2.75, 3.05) is 25.1 Å². The number of aryl methyl sites for hydroxylation is 1. The fraction of sp³-hybridized carbons (Fsp3) is 0.583. The predicted octanol–water partition coefficient (Wildman–Crippen LogP) is 2.77. The van der Waals surface area contributed by atoms with Crippen molar-refractivity contribution in [1.82, 2.24) is 4.98 Å². The Kier molecular flexibility index (Phi) is 3.82. The number of piperidine rings is 1. The summed E-state index contributed by atoms with van der Waals surface area (Å²) >= 11 is 3.47. The molecule has 1 aromatic heterocycles. The second-order valence-electron chi connectivity index (χ2n) is 4.18. The molecule has 1 aliphatic heterocycles. The van der Waals surface area contributed by atoms with E-state index in [1.165, 1.54) is 6.42 Å². The van der Waals surface area contributed by atoms with Gasteiger partial charge in [-0.15, -0.1) is 0 Å². The second kappa shape index (κ2) is 5.15. The summed E-state index contributed by atoms with van der Waals surface area (Å²) in [5, 5.41) is 0. The largest absolute Gasteiger partial charge is 0.380 e.